The summed E-state index contributed by atoms with van der Waals surface area (Å²) in [5.41, 5.74) is 2.53. The van der Waals surface area contributed by atoms with Crippen LogP contribution >= 0.6 is 11.6 Å². The summed E-state index contributed by atoms with van der Waals surface area (Å²) >= 11 is 6.25. The topological polar surface area (TPSA) is 75.7 Å². The van der Waals surface area contributed by atoms with Gasteiger partial charge in [-0.15, -0.1) is 0 Å². The van der Waals surface area contributed by atoms with Crippen molar-refractivity contribution in [1.29, 1.82) is 0 Å². The van der Waals surface area contributed by atoms with Crippen LogP contribution in [-0.2, 0) is 9.59 Å². The van der Waals surface area contributed by atoms with Gasteiger partial charge in [0.25, 0.3) is 11.8 Å². The number of carbonyl (C=O) groups excluding carboxylic acids is 3. The van der Waals surface area contributed by atoms with Crippen LogP contribution < -0.4 is 15.0 Å². The number of benzene rings is 2. The molecule has 6 nitrogen and oxygen atoms in total. The second kappa shape index (κ2) is 8.09. The van der Waals surface area contributed by atoms with Gasteiger partial charge in [-0.3, -0.25) is 14.9 Å². The minimum absolute atomic E-state index is 0.0421. The third-order valence-corrected chi connectivity index (χ3v) is 4.84. The van der Waals surface area contributed by atoms with Gasteiger partial charge in [0.05, 0.1) is 16.8 Å². The average Bonchev–Trinajstić information content (AvgIpc) is 2.64. The smallest absolute Gasteiger partial charge is 0.335 e. The molecular weight excluding hydrogens is 392 g/mol. The van der Waals surface area contributed by atoms with Crippen molar-refractivity contribution in [3.63, 3.8) is 0 Å². The zero-order valence-corrected chi connectivity index (χ0v) is 17.3. The first-order valence-electron chi connectivity index (χ1n) is 9.13. The summed E-state index contributed by atoms with van der Waals surface area (Å²) in [4.78, 5) is 38.7. The van der Waals surface area contributed by atoms with E-state index in [1.807, 2.05) is 33.8 Å². The van der Waals surface area contributed by atoms with E-state index in [2.05, 4.69) is 5.32 Å². The Balaban J connectivity index is 2.00. The van der Waals surface area contributed by atoms with Crippen LogP contribution in [0.4, 0.5) is 10.5 Å². The van der Waals surface area contributed by atoms with Gasteiger partial charge in [0.15, 0.2) is 0 Å². The number of carbonyl (C=O) groups is 3. The molecule has 0 saturated carbocycles. The number of amides is 4. The van der Waals surface area contributed by atoms with Crippen molar-refractivity contribution >= 4 is 41.2 Å². The minimum atomic E-state index is -0.774. The van der Waals surface area contributed by atoms with Gasteiger partial charge >= 0.3 is 6.03 Å². The molecule has 0 radical (unpaired) electrons. The molecule has 1 aliphatic heterocycles. The van der Waals surface area contributed by atoms with E-state index in [0.717, 1.165) is 16.0 Å². The van der Waals surface area contributed by atoms with Crippen LogP contribution in [0.15, 0.2) is 42.0 Å². The number of aryl methyl sites for hydroxylation is 1. The molecular formula is C22H21ClN2O4. The van der Waals surface area contributed by atoms with Gasteiger partial charge in [-0.25, -0.2) is 9.69 Å². The number of halogens is 1. The van der Waals surface area contributed by atoms with Crippen molar-refractivity contribution in [2.24, 2.45) is 0 Å². The molecule has 4 amide bonds. The summed E-state index contributed by atoms with van der Waals surface area (Å²) in [5.74, 6) is -0.929. The van der Waals surface area contributed by atoms with Crippen molar-refractivity contribution in [3.05, 3.63) is 63.7 Å². The van der Waals surface area contributed by atoms with E-state index in [-0.39, 0.29) is 11.7 Å². The van der Waals surface area contributed by atoms with Gasteiger partial charge in [0.1, 0.15) is 11.3 Å². The standard InChI is InChI=1S/C22H21ClN2O4/c1-12(2)29-19-9-8-15(11-17(19)23)10-16-20(26)24-22(28)25(21(16)27)18-7-5-6-13(3)14(18)4/h5-12H,1-4H3,(H,24,26,28)/b16-10+. The Morgan fingerprint density at radius 1 is 1.10 bits per heavy atom. The number of anilines is 1. The molecule has 3 rings (SSSR count). The van der Waals surface area contributed by atoms with Gasteiger partial charge in [-0.2, -0.15) is 0 Å². The van der Waals surface area contributed by atoms with E-state index >= 15 is 0 Å². The lowest BCUT2D eigenvalue weighted by atomic mass is 10.0. The molecule has 0 spiro atoms. The molecule has 1 saturated heterocycles. The van der Waals surface area contributed by atoms with Crippen LogP contribution in [0.2, 0.25) is 5.02 Å². The molecule has 150 valence electrons. The number of nitrogens with one attached hydrogen (secondary N) is 1. The van der Waals surface area contributed by atoms with E-state index in [9.17, 15) is 14.4 Å². The van der Waals surface area contributed by atoms with Crippen molar-refractivity contribution in [3.8, 4) is 5.75 Å². The average molecular weight is 413 g/mol. The largest absolute Gasteiger partial charge is 0.489 e. The molecule has 29 heavy (non-hydrogen) atoms. The Kier molecular flexibility index (Phi) is 5.75. The highest BCUT2D eigenvalue weighted by atomic mass is 35.5. The number of barbiturate groups is 1. The summed E-state index contributed by atoms with van der Waals surface area (Å²) in [7, 11) is 0. The number of rotatable bonds is 4. The predicted octanol–water partition coefficient (Wildman–Crippen LogP) is 4.41. The third-order valence-electron chi connectivity index (χ3n) is 4.55. The van der Waals surface area contributed by atoms with Gasteiger partial charge in [-0.05, 0) is 68.7 Å². The van der Waals surface area contributed by atoms with E-state index in [1.165, 1.54) is 6.08 Å². The van der Waals surface area contributed by atoms with Crippen LogP contribution in [-0.4, -0.2) is 23.9 Å². The first-order chi connectivity index (χ1) is 13.7. The number of nitrogens with zero attached hydrogens (tertiary/aromatic N) is 1. The molecule has 1 N–H and O–H groups in total. The monoisotopic (exact) mass is 412 g/mol. The second-order valence-corrected chi connectivity index (χ2v) is 7.44. The van der Waals surface area contributed by atoms with Gasteiger partial charge < -0.3 is 4.74 Å². The third kappa shape index (κ3) is 4.17. The van der Waals surface area contributed by atoms with Crippen LogP contribution in [0.25, 0.3) is 6.08 Å². The summed E-state index contributed by atoms with van der Waals surface area (Å²) in [6.45, 7) is 7.47. The Bertz CT molecular complexity index is 1040. The molecule has 1 heterocycles. The lowest BCUT2D eigenvalue weighted by Gasteiger charge is -2.28. The Morgan fingerprint density at radius 3 is 2.48 bits per heavy atom. The molecule has 0 aliphatic carbocycles. The summed E-state index contributed by atoms with van der Waals surface area (Å²) in [6.07, 6.45) is 1.37. The number of ether oxygens (including phenoxy) is 1. The first-order valence-corrected chi connectivity index (χ1v) is 9.50. The molecule has 2 aromatic rings. The SMILES string of the molecule is Cc1cccc(N2C(=O)NC(=O)/C(=C\c3ccc(OC(C)C)c(Cl)c3)C2=O)c1C. The molecule has 2 aromatic carbocycles. The maximum atomic E-state index is 13.0. The molecule has 0 unspecified atom stereocenters. The zero-order chi connectivity index (χ0) is 21.3. The molecule has 1 aliphatic rings. The van der Waals surface area contributed by atoms with Crippen LogP contribution in [0.3, 0.4) is 0 Å². The van der Waals surface area contributed by atoms with E-state index in [1.54, 1.807) is 30.3 Å². The normalized spacial score (nSPS) is 15.9. The molecule has 0 bridgehead atoms. The van der Waals surface area contributed by atoms with Gasteiger partial charge in [-0.1, -0.05) is 29.8 Å². The fourth-order valence-electron chi connectivity index (χ4n) is 2.98. The second-order valence-electron chi connectivity index (χ2n) is 7.03. The quantitative estimate of drug-likeness (QED) is 0.596. The maximum Gasteiger partial charge on any atom is 0.335 e. The summed E-state index contributed by atoms with van der Waals surface area (Å²) in [6, 6.07) is 9.50. The zero-order valence-electron chi connectivity index (χ0n) is 16.6. The number of hydrogen-bond acceptors (Lipinski definition) is 4. The molecule has 7 heteroatoms. The van der Waals surface area contributed by atoms with Crippen molar-refractivity contribution in [2.75, 3.05) is 4.90 Å². The highest BCUT2D eigenvalue weighted by Crippen LogP contribution is 2.29. The Hall–Kier alpha value is -3.12. The van der Waals surface area contributed by atoms with Crippen LogP contribution in [0.1, 0.15) is 30.5 Å². The number of urea groups is 1. The summed E-state index contributed by atoms with van der Waals surface area (Å²) < 4.78 is 5.59. The van der Waals surface area contributed by atoms with E-state index in [0.29, 0.717) is 22.0 Å². The lowest BCUT2D eigenvalue weighted by Crippen LogP contribution is -2.54. The van der Waals surface area contributed by atoms with E-state index < -0.39 is 17.8 Å². The molecule has 0 aromatic heterocycles. The fourth-order valence-corrected chi connectivity index (χ4v) is 3.21. The minimum Gasteiger partial charge on any atom is -0.489 e. The predicted molar refractivity (Wildman–Crippen MR) is 112 cm³/mol. The van der Waals surface area contributed by atoms with Gasteiger partial charge in [0, 0.05) is 0 Å². The highest BCUT2D eigenvalue weighted by molar-refractivity contribution is 6.39. The van der Waals surface area contributed by atoms with Crippen LogP contribution in [0, 0.1) is 13.8 Å². The lowest BCUT2D eigenvalue weighted by molar-refractivity contribution is -0.122. The first kappa shape index (κ1) is 20.6. The summed E-state index contributed by atoms with van der Waals surface area (Å²) in [5, 5.41) is 2.59. The Morgan fingerprint density at radius 2 is 1.83 bits per heavy atom. The number of hydrogen-bond donors (Lipinski definition) is 1. The number of imide groups is 2. The molecule has 0 atom stereocenters. The Labute approximate surface area is 174 Å². The molecule has 1 fully saturated rings. The van der Waals surface area contributed by atoms with Crippen molar-refractivity contribution in [2.45, 2.75) is 33.8 Å². The van der Waals surface area contributed by atoms with Crippen molar-refractivity contribution < 1.29 is 19.1 Å². The maximum absolute atomic E-state index is 13.0. The van der Waals surface area contributed by atoms with Gasteiger partial charge in [0.2, 0.25) is 0 Å². The van der Waals surface area contributed by atoms with E-state index in [4.69, 9.17) is 16.3 Å². The van der Waals surface area contributed by atoms with Crippen LogP contribution in [0.5, 0.6) is 5.75 Å². The highest BCUT2D eigenvalue weighted by Gasteiger charge is 2.37. The fraction of sp³-hybridized carbons (Fsp3) is 0.227. The van der Waals surface area contributed by atoms with Crippen molar-refractivity contribution in [1.82, 2.24) is 5.32 Å².